The van der Waals surface area contributed by atoms with Gasteiger partial charge in [0, 0.05) is 16.5 Å². The van der Waals surface area contributed by atoms with E-state index in [1.165, 1.54) is 36.5 Å². The second-order valence-electron chi connectivity index (χ2n) is 5.71. The van der Waals surface area contributed by atoms with E-state index in [2.05, 4.69) is 9.71 Å². The summed E-state index contributed by atoms with van der Waals surface area (Å²) in [6.45, 7) is 1.43. The average molecular weight is 367 g/mol. The maximum Gasteiger partial charge on any atom is 0.273 e. The van der Waals surface area contributed by atoms with Gasteiger partial charge in [-0.1, -0.05) is 12.5 Å². The lowest BCUT2D eigenvalue weighted by molar-refractivity contribution is -0.385. The highest BCUT2D eigenvalue weighted by Gasteiger charge is 2.24. The fraction of sp³-hybridized carbons (Fsp3) is 0.400. The molecule has 0 spiro atoms. The molecule has 1 aromatic carbocycles. The van der Waals surface area contributed by atoms with Crippen LogP contribution in [0.5, 0.6) is 0 Å². The molecule has 24 heavy (non-hydrogen) atoms. The highest BCUT2D eigenvalue weighted by molar-refractivity contribution is 7.93. The minimum atomic E-state index is -3.92. The first-order valence-corrected chi connectivity index (χ1v) is 9.94. The molecule has 1 aliphatic rings. The second kappa shape index (κ2) is 6.48. The van der Waals surface area contributed by atoms with E-state index in [4.69, 9.17) is 0 Å². The summed E-state index contributed by atoms with van der Waals surface area (Å²) in [5.74, 6) is 0. The van der Waals surface area contributed by atoms with Crippen molar-refractivity contribution < 1.29 is 13.3 Å². The predicted molar refractivity (Wildman–Crippen MR) is 92.0 cm³/mol. The second-order valence-corrected chi connectivity index (χ2v) is 8.45. The topological polar surface area (TPSA) is 102 Å². The van der Waals surface area contributed by atoms with Gasteiger partial charge in [0.2, 0.25) is 0 Å². The highest BCUT2D eigenvalue weighted by Crippen LogP contribution is 2.31. The standard InChI is InChI=1S/C15H17N3O4S2/c1-10-12(18(19)20)7-5-9-14(10)24(21,22)17-15-16-11-6-3-2-4-8-13(11)23-15/h5,7,9H,2-4,6,8H2,1H3,(H,16,17). The van der Waals surface area contributed by atoms with Crippen molar-refractivity contribution in [1.29, 1.82) is 0 Å². The Kier molecular flexibility index (Phi) is 4.55. The lowest BCUT2D eigenvalue weighted by atomic mass is 10.2. The largest absolute Gasteiger partial charge is 0.273 e. The smallest absolute Gasteiger partial charge is 0.258 e. The molecular formula is C15H17N3O4S2. The molecule has 7 nitrogen and oxygen atoms in total. The van der Waals surface area contributed by atoms with Crippen molar-refractivity contribution in [2.45, 2.75) is 43.9 Å². The maximum absolute atomic E-state index is 12.6. The Balaban J connectivity index is 1.92. The van der Waals surface area contributed by atoms with Crippen LogP contribution in [0.2, 0.25) is 0 Å². The zero-order valence-corrected chi connectivity index (χ0v) is 14.7. The third-order valence-electron chi connectivity index (χ3n) is 4.06. The number of benzene rings is 1. The van der Waals surface area contributed by atoms with E-state index in [1.807, 2.05) is 0 Å². The predicted octanol–water partition coefficient (Wildman–Crippen LogP) is 3.43. The summed E-state index contributed by atoms with van der Waals surface area (Å²) in [7, 11) is -3.92. The van der Waals surface area contributed by atoms with Crippen molar-refractivity contribution in [3.63, 3.8) is 0 Å². The molecule has 0 amide bonds. The molecule has 2 aromatic rings. The Morgan fingerprint density at radius 1 is 1.25 bits per heavy atom. The molecule has 0 fully saturated rings. The molecule has 9 heteroatoms. The van der Waals surface area contributed by atoms with E-state index in [9.17, 15) is 18.5 Å². The number of thiazole rings is 1. The molecule has 0 radical (unpaired) electrons. The number of nitrogens with zero attached hydrogens (tertiary/aromatic N) is 2. The molecule has 3 rings (SSSR count). The molecule has 1 aliphatic carbocycles. The van der Waals surface area contributed by atoms with Gasteiger partial charge in [0.25, 0.3) is 15.7 Å². The van der Waals surface area contributed by atoms with E-state index < -0.39 is 14.9 Å². The summed E-state index contributed by atoms with van der Waals surface area (Å²) in [6.07, 6.45) is 5.10. The average Bonchev–Trinajstić information content (AvgIpc) is 2.74. The molecule has 0 saturated carbocycles. The third-order valence-corrected chi connectivity index (χ3v) is 6.74. The highest BCUT2D eigenvalue weighted by atomic mass is 32.2. The molecular weight excluding hydrogens is 350 g/mol. The van der Waals surface area contributed by atoms with Crippen molar-refractivity contribution >= 4 is 32.2 Å². The molecule has 1 aromatic heterocycles. The van der Waals surface area contributed by atoms with Crippen molar-refractivity contribution in [1.82, 2.24) is 4.98 Å². The zero-order valence-electron chi connectivity index (χ0n) is 13.1. The Morgan fingerprint density at radius 3 is 2.75 bits per heavy atom. The number of nitro groups is 1. The van der Waals surface area contributed by atoms with Crippen molar-refractivity contribution in [3.8, 4) is 0 Å². The van der Waals surface area contributed by atoms with Gasteiger partial charge in [-0.3, -0.25) is 14.8 Å². The number of aromatic nitrogens is 1. The third kappa shape index (κ3) is 3.27. The summed E-state index contributed by atoms with van der Waals surface area (Å²) in [6, 6.07) is 4.03. The van der Waals surface area contributed by atoms with Gasteiger partial charge in [-0.05, 0) is 38.7 Å². The molecule has 1 heterocycles. The minimum Gasteiger partial charge on any atom is -0.258 e. The fourth-order valence-corrected chi connectivity index (χ4v) is 5.38. The molecule has 0 unspecified atom stereocenters. The summed E-state index contributed by atoms with van der Waals surface area (Å²) >= 11 is 1.35. The van der Waals surface area contributed by atoms with Crippen LogP contribution in [0.3, 0.4) is 0 Å². The molecule has 0 bridgehead atoms. The number of hydrogen-bond acceptors (Lipinski definition) is 6. The lowest BCUT2D eigenvalue weighted by Crippen LogP contribution is -2.14. The van der Waals surface area contributed by atoms with Gasteiger partial charge in [-0.25, -0.2) is 13.4 Å². The van der Waals surface area contributed by atoms with E-state index in [0.29, 0.717) is 5.13 Å². The van der Waals surface area contributed by atoms with Crippen molar-refractivity contribution in [2.24, 2.45) is 0 Å². The molecule has 0 aliphatic heterocycles. The molecule has 128 valence electrons. The van der Waals surface area contributed by atoms with Crippen LogP contribution in [0.4, 0.5) is 10.8 Å². The van der Waals surface area contributed by atoms with Crippen molar-refractivity contribution in [2.75, 3.05) is 4.72 Å². The SMILES string of the molecule is Cc1c([N+](=O)[O-])cccc1S(=O)(=O)Nc1nc2c(s1)CCCCC2. The van der Waals surface area contributed by atoms with Crippen molar-refractivity contribution in [3.05, 3.63) is 44.4 Å². The number of nitrogens with one attached hydrogen (secondary N) is 1. The summed E-state index contributed by atoms with van der Waals surface area (Å²) in [5.41, 5.74) is 0.867. The Hall–Kier alpha value is -2.00. The van der Waals surface area contributed by atoms with Gasteiger partial charge in [0.1, 0.15) is 0 Å². The van der Waals surface area contributed by atoms with Gasteiger partial charge in [-0.2, -0.15) is 0 Å². The number of anilines is 1. The first-order chi connectivity index (χ1) is 11.4. The fourth-order valence-electron chi connectivity index (χ4n) is 2.83. The van der Waals surface area contributed by atoms with Gasteiger partial charge < -0.3 is 0 Å². The lowest BCUT2D eigenvalue weighted by Gasteiger charge is -2.08. The Morgan fingerprint density at radius 2 is 2.00 bits per heavy atom. The number of aryl methyl sites for hydroxylation is 2. The number of sulfonamides is 1. The Bertz CT molecular complexity index is 867. The molecule has 0 atom stereocenters. The summed E-state index contributed by atoms with van der Waals surface area (Å²) in [5, 5.41) is 11.3. The maximum atomic E-state index is 12.6. The minimum absolute atomic E-state index is 0.0953. The first-order valence-electron chi connectivity index (χ1n) is 7.64. The van der Waals surface area contributed by atoms with Crippen LogP contribution in [0.1, 0.15) is 35.4 Å². The van der Waals surface area contributed by atoms with Crippen LogP contribution in [0.25, 0.3) is 0 Å². The van der Waals surface area contributed by atoms with E-state index in [1.54, 1.807) is 0 Å². The van der Waals surface area contributed by atoms with E-state index in [-0.39, 0.29) is 16.1 Å². The van der Waals surface area contributed by atoms with Crippen LogP contribution >= 0.6 is 11.3 Å². The monoisotopic (exact) mass is 367 g/mol. The van der Waals surface area contributed by atoms with Gasteiger partial charge in [0.05, 0.1) is 15.5 Å². The summed E-state index contributed by atoms with van der Waals surface area (Å²) in [4.78, 5) is 15.9. The number of hydrogen-bond donors (Lipinski definition) is 1. The number of fused-ring (bicyclic) bond motifs is 1. The van der Waals surface area contributed by atoms with Gasteiger partial charge in [0.15, 0.2) is 5.13 Å². The quantitative estimate of drug-likeness (QED) is 0.507. The number of rotatable bonds is 4. The summed E-state index contributed by atoms with van der Waals surface area (Å²) < 4.78 is 27.7. The van der Waals surface area contributed by atoms with E-state index in [0.717, 1.165) is 42.7 Å². The normalized spacial score (nSPS) is 14.7. The zero-order chi connectivity index (χ0) is 17.3. The van der Waals surface area contributed by atoms with Crippen LogP contribution < -0.4 is 4.72 Å². The van der Waals surface area contributed by atoms with Crippen LogP contribution in [-0.2, 0) is 22.9 Å². The van der Waals surface area contributed by atoms with Gasteiger partial charge in [-0.15, -0.1) is 11.3 Å². The number of nitro benzene ring substituents is 1. The van der Waals surface area contributed by atoms with Gasteiger partial charge >= 0.3 is 0 Å². The van der Waals surface area contributed by atoms with E-state index >= 15 is 0 Å². The van der Waals surface area contributed by atoms with Crippen LogP contribution in [0, 0.1) is 17.0 Å². The first kappa shape index (κ1) is 16.8. The molecule has 1 N–H and O–H groups in total. The molecule has 0 saturated heterocycles. The van der Waals surface area contributed by atoms with Crippen LogP contribution in [0.15, 0.2) is 23.1 Å². The Labute approximate surface area is 143 Å². The van der Waals surface area contributed by atoms with Crippen LogP contribution in [-0.4, -0.2) is 18.3 Å².